The Hall–Kier alpha value is -2.51. The predicted molar refractivity (Wildman–Crippen MR) is 98.7 cm³/mol. The highest BCUT2D eigenvalue weighted by molar-refractivity contribution is 9.10. The van der Waals surface area contributed by atoms with Crippen LogP contribution >= 0.6 is 15.9 Å². The highest BCUT2D eigenvalue weighted by Gasteiger charge is 2.08. The molecule has 0 atom stereocenters. The van der Waals surface area contributed by atoms with Crippen molar-refractivity contribution in [3.63, 3.8) is 0 Å². The zero-order valence-corrected chi connectivity index (χ0v) is 15.2. The van der Waals surface area contributed by atoms with Crippen LogP contribution in [-0.2, 0) is 4.74 Å². The number of halogens is 1. The van der Waals surface area contributed by atoms with Crippen molar-refractivity contribution in [1.29, 1.82) is 0 Å². The average Bonchev–Trinajstić information content (AvgIpc) is 3.13. The fraction of sp³-hybridized carbons (Fsp3) is 0.167. The Kier molecular flexibility index (Phi) is 5.57. The molecule has 3 rings (SSSR count). The first-order valence-electron chi connectivity index (χ1n) is 7.71. The second-order valence-corrected chi connectivity index (χ2v) is 6.25. The lowest BCUT2D eigenvalue weighted by Gasteiger charge is -2.04. The smallest absolute Gasteiger partial charge is 0.252 e. The molecule has 0 aliphatic heterocycles. The molecular weight excluding hydrogens is 384 g/mol. The Labute approximate surface area is 154 Å². The number of hydrogen-bond acceptors (Lipinski definition) is 4. The van der Waals surface area contributed by atoms with Crippen molar-refractivity contribution >= 4 is 21.8 Å². The Bertz CT molecular complexity index is 844. The highest BCUT2D eigenvalue weighted by Crippen LogP contribution is 2.19. The van der Waals surface area contributed by atoms with E-state index in [0.717, 1.165) is 21.4 Å². The summed E-state index contributed by atoms with van der Waals surface area (Å²) in [4.78, 5) is 16.3. The van der Waals surface area contributed by atoms with E-state index < -0.39 is 0 Å². The number of pyridine rings is 1. The SMILES string of the molecule is COCCNC(=O)c1ccc(-c2cnn(-c3ccc(Br)cc3)c2)nc1. The van der Waals surface area contributed by atoms with E-state index in [1.54, 1.807) is 30.3 Å². The molecule has 25 heavy (non-hydrogen) atoms. The summed E-state index contributed by atoms with van der Waals surface area (Å²) in [5.74, 6) is -0.165. The maximum atomic E-state index is 12.0. The maximum Gasteiger partial charge on any atom is 0.252 e. The van der Waals surface area contributed by atoms with Crippen molar-refractivity contribution in [2.24, 2.45) is 0 Å². The quantitative estimate of drug-likeness (QED) is 0.645. The van der Waals surface area contributed by atoms with Gasteiger partial charge >= 0.3 is 0 Å². The van der Waals surface area contributed by atoms with Crippen molar-refractivity contribution in [1.82, 2.24) is 20.1 Å². The molecule has 128 valence electrons. The summed E-state index contributed by atoms with van der Waals surface area (Å²) in [6.45, 7) is 0.948. The molecule has 0 saturated heterocycles. The number of rotatable bonds is 6. The topological polar surface area (TPSA) is 69.0 Å². The van der Waals surface area contributed by atoms with Crippen LogP contribution < -0.4 is 5.32 Å². The Balaban J connectivity index is 1.72. The minimum Gasteiger partial charge on any atom is -0.383 e. The van der Waals surface area contributed by atoms with Crippen molar-refractivity contribution in [3.8, 4) is 16.9 Å². The van der Waals surface area contributed by atoms with Crippen molar-refractivity contribution in [3.05, 3.63) is 65.0 Å². The lowest BCUT2D eigenvalue weighted by molar-refractivity contribution is 0.0937. The monoisotopic (exact) mass is 400 g/mol. The second kappa shape index (κ2) is 8.04. The van der Waals surface area contributed by atoms with E-state index in [9.17, 15) is 4.79 Å². The number of nitrogens with zero attached hydrogens (tertiary/aromatic N) is 3. The number of benzene rings is 1. The van der Waals surface area contributed by atoms with Crippen molar-refractivity contribution in [2.75, 3.05) is 20.3 Å². The number of amides is 1. The number of methoxy groups -OCH3 is 1. The molecule has 0 spiro atoms. The van der Waals surface area contributed by atoms with Crippen LogP contribution in [-0.4, -0.2) is 40.9 Å². The van der Waals surface area contributed by atoms with Gasteiger partial charge in [0.25, 0.3) is 5.91 Å². The first kappa shape index (κ1) is 17.3. The van der Waals surface area contributed by atoms with Gasteiger partial charge in [0.15, 0.2) is 0 Å². The van der Waals surface area contributed by atoms with Gasteiger partial charge < -0.3 is 10.1 Å². The summed E-state index contributed by atoms with van der Waals surface area (Å²) in [6, 6.07) is 11.4. The number of hydrogen-bond donors (Lipinski definition) is 1. The molecule has 3 aromatic rings. The largest absolute Gasteiger partial charge is 0.383 e. The number of carbonyl (C=O) groups is 1. The van der Waals surface area contributed by atoms with Gasteiger partial charge in [-0.1, -0.05) is 15.9 Å². The summed E-state index contributed by atoms with van der Waals surface area (Å²) in [5.41, 5.74) is 3.12. The highest BCUT2D eigenvalue weighted by atomic mass is 79.9. The molecule has 0 unspecified atom stereocenters. The molecule has 1 aromatic carbocycles. The van der Waals surface area contributed by atoms with E-state index in [4.69, 9.17) is 4.74 Å². The van der Waals surface area contributed by atoms with Crippen LogP contribution in [0.1, 0.15) is 10.4 Å². The third-order valence-electron chi connectivity index (χ3n) is 3.59. The molecule has 0 bridgehead atoms. The zero-order chi connectivity index (χ0) is 17.6. The van der Waals surface area contributed by atoms with E-state index >= 15 is 0 Å². The molecule has 7 heteroatoms. The van der Waals surface area contributed by atoms with E-state index in [-0.39, 0.29) is 5.91 Å². The fourth-order valence-electron chi connectivity index (χ4n) is 2.26. The third-order valence-corrected chi connectivity index (χ3v) is 4.12. The van der Waals surface area contributed by atoms with Crippen molar-refractivity contribution < 1.29 is 9.53 Å². The molecule has 0 aliphatic rings. The van der Waals surface area contributed by atoms with Gasteiger partial charge in [0.05, 0.1) is 29.7 Å². The number of carbonyl (C=O) groups excluding carboxylic acids is 1. The van der Waals surface area contributed by atoms with E-state index in [0.29, 0.717) is 18.7 Å². The van der Waals surface area contributed by atoms with Crippen LogP contribution in [0.15, 0.2) is 59.5 Å². The molecule has 6 nitrogen and oxygen atoms in total. The lowest BCUT2D eigenvalue weighted by atomic mass is 10.2. The van der Waals surface area contributed by atoms with Gasteiger partial charge in [0, 0.05) is 36.1 Å². The first-order valence-corrected chi connectivity index (χ1v) is 8.51. The number of aromatic nitrogens is 3. The molecule has 0 saturated carbocycles. The zero-order valence-electron chi connectivity index (χ0n) is 13.6. The van der Waals surface area contributed by atoms with Crippen LogP contribution in [0.5, 0.6) is 0 Å². The molecular formula is C18H17BrN4O2. The Morgan fingerprint density at radius 2 is 2.00 bits per heavy atom. The van der Waals surface area contributed by atoms with Gasteiger partial charge in [-0.15, -0.1) is 0 Å². The standard InChI is InChI=1S/C18H17BrN4O2/c1-25-9-8-20-18(24)13-2-7-17(21-10-13)14-11-22-23(12-14)16-5-3-15(19)4-6-16/h2-7,10-12H,8-9H2,1H3,(H,20,24). The third kappa shape index (κ3) is 4.32. The number of ether oxygens (including phenoxy) is 1. The summed E-state index contributed by atoms with van der Waals surface area (Å²) >= 11 is 3.42. The van der Waals surface area contributed by atoms with Crippen LogP contribution in [0, 0.1) is 0 Å². The maximum absolute atomic E-state index is 12.0. The molecule has 1 amide bonds. The van der Waals surface area contributed by atoms with Gasteiger partial charge in [0.2, 0.25) is 0 Å². The minimum atomic E-state index is -0.165. The van der Waals surface area contributed by atoms with E-state index in [1.807, 2.05) is 36.5 Å². The summed E-state index contributed by atoms with van der Waals surface area (Å²) in [6.07, 6.45) is 5.22. The summed E-state index contributed by atoms with van der Waals surface area (Å²) < 4.78 is 7.71. The predicted octanol–water partition coefficient (Wildman–Crippen LogP) is 3.07. The van der Waals surface area contributed by atoms with Crippen LogP contribution in [0.4, 0.5) is 0 Å². The summed E-state index contributed by atoms with van der Waals surface area (Å²) in [5, 5.41) is 7.13. The summed E-state index contributed by atoms with van der Waals surface area (Å²) in [7, 11) is 1.59. The Morgan fingerprint density at radius 1 is 1.20 bits per heavy atom. The molecule has 0 aliphatic carbocycles. The van der Waals surface area contributed by atoms with Gasteiger partial charge in [-0.05, 0) is 36.4 Å². The van der Waals surface area contributed by atoms with Crippen molar-refractivity contribution in [2.45, 2.75) is 0 Å². The Morgan fingerprint density at radius 3 is 2.68 bits per heavy atom. The van der Waals surface area contributed by atoms with Crippen LogP contribution in [0.25, 0.3) is 16.9 Å². The van der Waals surface area contributed by atoms with Gasteiger partial charge in [-0.25, -0.2) is 4.68 Å². The van der Waals surface area contributed by atoms with Crippen LogP contribution in [0.3, 0.4) is 0 Å². The van der Waals surface area contributed by atoms with E-state index in [2.05, 4.69) is 31.3 Å². The molecule has 0 fully saturated rings. The van der Waals surface area contributed by atoms with E-state index in [1.165, 1.54) is 0 Å². The van der Waals surface area contributed by atoms with Gasteiger partial charge in [-0.3, -0.25) is 9.78 Å². The normalized spacial score (nSPS) is 10.6. The first-order chi connectivity index (χ1) is 12.2. The minimum absolute atomic E-state index is 0.165. The fourth-order valence-corrected chi connectivity index (χ4v) is 2.52. The average molecular weight is 401 g/mol. The molecule has 0 radical (unpaired) electrons. The molecule has 2 aromatic heterocycles. The molecule has 2 heterocycles. The van der Waals surface area contributed by atoms with Crippen LogP contribution in [0.2, 0.25) is 0 Å². The second-order valence-electron chi connectivity index (χ2n) is 5.33. The van der Waals surface area contributed by atoms with Gasteiger partial charge in [-0.2, -0.15) is 5.10 Å². The number of nitrogens with one attached hydrogen (secondary N) is 1. The molecule has 1 N–H and O–H groups in total. The lowest BCUT2D eigenvalue weighted by Crippen LogP contribution is -2.26. The van der Waals surface area contributed by atoms with Gasteiger partial charge in [0.1, 0.15) is 0 Å².